The highest BCUT2D eigenvalue weighted by molar-refractivity contribution is 5.79. The molecule has 3 N–H and O–H groups in total. The maximum Gasteiger partial charge on any atom is 0.137 e. The number of aliphatic hydroxyl groups is 1. The molecule has 0 fully saturated rings. The molecular weight excluding hydrogens is 214 g/mol. The molecule has 0 aliphatic rings. The first-order chi connectivity index (χ1) is 8.00. The molecule has 4 heteroatoms. The first kappa shape index (κ1) is 12.1. The summed E-state index contributed by atoms with van der Waals surface area (Å²) in [6.45, 7) is 6.49. The Kier molecular flexibility index (Phi) is 3.17. The lowest BCUT2D eigenvalue weighted by molar-refractivity contribution is 0.0957. The van der Waals surface area contributed by atoms with Gasteiger partial charge in [0.1, 0.15) is 5.65 Å². The molecule has 0 bridgehead atoms. The maximum absolute atomic E-state index is 9.64. The topological polar surface area (TPSA) is 60.9 Å². The summed E-state index contributed by atoms with van der Waals surface area (Å²) in [6.07, 6.45) is 3.34. The van der Waals surface area contributed by atoms with Crippen LogP contribution in [0, 0.1) is 0 Å². The average Bonchev–Trinajstić information content (AvgIpc) is 2.69. The molecular formula is C13H19N3O. The summed E-state index contributed by atoms with van der Waals surface area (Å²) in [7, 11) is 0. The van der Waals surface area contributed by atoms with Crippen molar-refractivity contribution in [2.75, 3.05) is 0 Å². The highest BCUT2D eigenvalue weighted by Crippen LogP contribution is 2.17. The van der Waals surface area contributed by atoms with Gasteiger partial charge in [-0.1, -0.05) is 0 Å². The monoisotopic (exact) mass is 233 g/mol. The minimum absolute atomic E-state index is 0.300. The van der Waals surface area contributed by atoms with Crippen molar-refractivity contribution in [3.63, 3.8) is 0 Å². The number of hydrogen-bond acceptors (Lipinski definition) is 3. The number of aromatic nitrogens is 2. The van der Waals surface area contributed by atoms with Crippen molar-refractivity contribution < 1.29 is 5.11 Å². The Hall–Kier alpha value is -1.39. The van der Waals surface area contributed by atoms with Crippen LogP contribution in [0.5, 0.6) is 0 Å². The molecule has 2 rings (SSSR count). The minimum Gasteiger partial charge on any atom is -0.392 e. The fraction of sp³-hybridized carbons (Fsp3) is 0.462. The first-order valence-corrected chi connectivity index (χ1v) is 5.85. The predicted octanol–water partition coefficient (Wildman–Crippen LogP) is 1.81. The highest BCUT2D eigenvalue weighted by Gasteiger charge is 2.23. The number of hydrogen-bond donors (Lipinski definition) is 3. The molecule has 0 spiro atoms. The summed E-state index contributed by atoms with van der Waals surface area (Å²) >= 11 is 0. The molecule has 0 aromatic carbocycles. The van der Waals surface area contributed by atoms with Crippen LogP contribution in [0.25, 0.3) is 11.0 Å². The second-order valence-electron chi connectivity index (χ2n) is 4.96. The van der Waals surface area contributed by atoms with E-state index in [1.165, 1.54) is 5.56 Å². The number of fused-ring (bicyclic) bond motifs is 1. The second kappa shape index (κ2) is 4.47. The molecule has 1 unspecified atom stereocenters. The van der Waals surface area contributed by atoms with Crippen LogP contribution in [0.2, 0.25) is 0 Å². The van der Waals surface area contributed by atoms with Gasteiger partial charge in [0.25, 0.3) is 0 Å². The maximum atomic E-state index is 9.64. The van der Waals surface area contributed by atoms with Gasteiger partial charge in [-0.25, -0.2) is 4.98 Å². The molecule has 2 aromatic heterocycles. The normalized spacial score (nSPS) is 14.1. The van der Waals surface area contributed by atoms with Crippen molar-refractivity contribution >= 4 is 11.0 Å². The summed E-state index contributed by atoms with van der Waals surface area (Å²) in [4.78, 5) is 7.39. The van der Waals surface area contributed by atoms with E-state index in [4.69, 9.17) is 0 Å². The largest absolute Gasteiger partial charge is 0.392 e. The lowest BCUT2D eigenvalue weighted by Crippen LogP contribution is -2.47. The summed E-state index contributed by atoms with van der Waals surface area (Å²) in [5.74, 6) is 0. The Morgan fingerprint density at radius 3 is 3.00 bits per heavy atom. The van der Waals surface area contributed by atoms with Crippen molar-refractivity contribution in [3.05, 3.63) is 30.1 Å². The van der Waals surface area contributed by atoms with Crippen LogP contribution in [-0.4, -0.2) is 26.7 Å². The van der Waals surface area contributed by atoms with Gasteiger partial charge < -0.3 is 15.4 Å². The number of nitrogens with zero attached hydrogens (tertiary/aromatic N) is 1. The van der Waals surface area contributed by atoms with Crippen molar-refractivity contribution in [2.24, 2.45) is 0 Å². The van der Waals surface area contributed by atoms with Crippen LogP contribution < -0.4 is 5.32 Å². The molecule has 2 heterocycles. The van der Waals surface area contributed by atoms with Crippen LogP contribution in [0.3, 0.4) is 0 Å². The fourth-order valence-corrected chi connectivity index (χ4v) is 1.63. The SMILES string of the molecule is CC(O)C(C)(C)NCc1c[nH]c2ncccc12. The van der Waals surface area contributed by atoms with Crippen molar-refractivity contribution in [3.8, 4) is 0 Å². The molecule has 0 amide bonds. The molecule has 0 aliphatic heterocycles. The zero-order valence-corrected chi connectivity index (χ0v) is 10.5. The highest BCUT2D eigenvalue weighted by atomic mass is 16.3. The predicted molar refractivity (Wildman–Crippen MR) is 68.7 cm³/mol. The number of aromatic amines is 1. The van der Waals surface area contributed by atoms with E-state index in [9.17, 15) is 5.11 Å². The van der Waals surface area contributed by atoms with Crippen molar-refractivity contribution in [2.45, 2.75) is 39.0 Å². The molecule has 4 nitrogen and oxygen atoms in total. The van der Waals surface area contributed by atoms with E-state index in [1.807, 2.05) is 32.2 Å². The number of rotatable bonds is 4. The molecule has 2 aromatic rings. The standard InChI is InChI=1S/C13H19N3O/c1-9(17)13(2,3)16-8-10-7-15-12-11(10)5-4-6-14-12/h4-7,9,16-17H,8H2,1-3H3,(H,14,15). The van der Waals surface area contributed by atoms with E-state index in [1.54, 1.807) is 13.1 Å². The van der Waals surface area contributed by atoms with E-state index in [0.29, 0.717) is 6.54 Å². The van der Waals surface area contributed by atoms with E-state index in [-0.39, 0.29) is 5.54 Å². The Balaban J connectivity index is 2.14. The molecule has 92 valence electrons. The smallest absolute Gasteiger partial charge is 0.137 e. The molecule has 0 saturated heterocycles. The number of H-pyrrole nitrogens is 1. The van der Waals surface area contributed by atoms with Crippen LogP contribution in [0.4, 0.5) is 0 Å². The van der Waals surface area contributed by atoms with Crippen molar-refractivity contribution in [1.29, 1.82) is 0 Å². The van der Waals surface area contributed by atoms with Crippen LogP contribution in [0.15, 0.2) is 24.5 Å². The summed E-state index contributed by atoms with van der Waals surface area (Å²) in [5, 5.41) is 14.1. The lowest BCUT2D eigenvalue weighted by atomic mass is 9.98. The van der Waals surface area contributed by atoms with Gasteiger partial charge in [-0.15, -0.1) is 0 Å². The summed E-state index contributed by atoms with van der Waals surface area (Å²) in [5.41, 5.74) is 1.77. The lowest BCUT2D eigenvalue weighted by Gasteiger charge is -2.29. The molecule has 1 atom stereocenters. The third-order valence-corrected chi connectivity index (χ3v) is 3.32. The Labute approximate surface area is 101 Å². The van der Waals surface area contributed by atoms with E-state index >= 15 is 0 Å². The average molecular weight is 233 g/mol. The van der Waals surface area contributed by atoms with E-state index < -0.39 is 6.10 Å². The third-order valence-electron chi connectivity index (χ3n) is 3.32. The van der Waals surface area contributed by atoms with E-state index in [0.717, 1.165) is 11.0 Å². The van der Waals surface area contributed by atoms with Gasteiger partial charge in [0, 0.05) is 29.9 Å². The van der Waals surface area contributed by atoms with Crippen LogP contribution in [-0.2, 0) is 6.54 Å². The van der Waals surface area contributed by atoms with Gasteiger partial charge in [0.2, 0.25) is 0 Å². The molecule has 17 heavy (non-hydrogen) atoms. The zero-order valence-electron chi connectivity index (χ0n) is 10.5. The Morgan fingerprint density at radius 1 is 1.53 bits per heavy atom. The molecule has 0 aliphatic carbocycles. The van der Waals surface area contributed by atoms with Gasteiger partial charge in [-0.05, 0) is 38.5 Å². The van der Waals surface area contributed by atoms with E-state index in [2.05, 4.69) is 15.3 Å². The Morgan fingerprint density at radius 2 is 2.29 bits per heavy atom. The second-order valence-corrected chi connectivity index (χ2v) is 4.96. The third kappa shape index (κ3) is 2.48. The van der Waals surface area contributed by atoms with Crippen LogP contribution >= 0.6 is 0 Å². The Bertz CT molecular complexity index is 502. The zero-order chi connectivity index (χ0) is 12.5. The number of aliphatic hydroxyl groups excluding tert-OH is 1. The number of nitrogens with one attached hydrogen (secondary N) is 2. The quantitative estimate of drug-likeness (QED) is 0.754. The molecule has 0 radical (unpaired) electrons. The first-order valence-electron chi connectivity index (χ1n) is 5.85. The molecule has 0 saturated carbocycles. The fourth-order valence-electron chi connectivity index (χ4n) is 1.63. The van der Waals surface area contributed by atoms with Gasteiger partial charge in [0.05, 0.1) is 6.10 Å². The minimum atomic E-state index is -0.397. The van der Waals surface area contributed by atoms with Gasteiger partial charge >= 0.3 is 0 Å². The summed E-state index contributed by atoms with van der Waals surface area (Å²) < 4.78 is 0. The van der Waals surface area contributed by atoms with Gasteiger partial charge in [-0.3, -0.25) is 0 Å². The van der Waals surface area contributed by atoms with Gasteiger partial charge in [0.15, 0.2) is 0 Å². The summed E-state index contributed by atoms with van der Waals surface area (Å²) in [6, 6.07) is 3.98. The number of pyridine rings is 1. The van der Waals surface area contributed by atoms with Crippen LogP contribution in [0.1, 0.15) is 26.3 Å². The van der Waals surface area contributed by atoms with Crippen molar-refractivity contribution in [1.82, 2.24) is 15.3 Å². The van der Waals surface area contributed by atoms with Gasteiger partial charge in [-0.2, -0.15) is 0 Å².